The number of aliphatic hydroxyl groups is 1. The minimum Gasteiger partial charge on any atom is -0.392 e. The maximum atomic E-state index is 13.4. The van der Waals surface area contributed by atoms with Crippen LogP contribution in [0.4, 0.5) is 0 Å². The molecule has 2 bridgehead atoms. The van der Waals surface area contributed by atoms with Gasteiger partial charge in [-0.1, -0.05) is 50.3 Å². The third-order valence-electron chi connectivity index (χ3n) is 8.92. The molecular weight excluding hydrogens is 370 g/mol. The number of aliphatic hydroxyl groups excluding tert-OH is 1. The molecule has 1 spiro atoms. The number of piperidine rings is 1. The van der Waals surface area contributed by atoms with Crippen LogP contribution in [0.2, 0.25) is 0 Å². The Morgan fingerprint density at radius 3 is 2.50 bits per heavy atom. The molecule has 0 amide bonds. The van der Waals surface area contributed by atoms with Gasteiger partial charge in [0.2, 0.25) is 10.0 Å². The monoisotopic (exact) mass is 401 g/mol. The third kappa shape index (κ3) is 2.39. The van der Waals surface area contributed by atoms with Crippen LogP contribution < -0.4 is 0 Å². The molecule has 2 saturated carbocycles. The predicted molar refractivity (Wildman–Crippen MR) is 111 cm³/mol. The molecule has 1 aromatic carbocycles. The van der Waals surface area contributed by atoms with Gasteiger partial charge in [-0.15, -0.1) is 0 Å². The highest BCUT2D eigenvalue weighted by molar-refractivity contribution is 7.89. The summed E-state index contributed by atoms with van der Waals surface area (Å²) in [5.41, 5.74) is 2.02. The third-order valence-corrected chi connectivity index (χ3v) is 10.9. The van der Waals surface area contributed by atoms with Crippen molar-refractivity contribution in [1.29, 1.82) is 0 Å². The number of hydrogen-bond acceptors (Lipinski definition) is 3. The van der Waals surface area contributed by atoms with E-state index in [0.29, 0.717) is 19.0 Å². The zero-order chi connectivity index (χ0) is 19.8. The van der Waals surface area contributed by atoms with Crippen molar-refractivity contribution in [3.8, 4) is 0 Å². The van der Waals surface area contributed by atoms with Crippen molar-refractivity contribution >= 4 is 16.1 Å². The van der Waals surface area contributed by atoms with Crippen LogP contribution in [-0.2, 0) is 15.4 Å². The average molecular weight is 402 g/mol. The molecule has 4 nitrogen and oxygen atoms in total. The zero-order valence-electron chi connectivity index (χ0n) is 16.9. The van der Waals surface area contributed by atoms with Gasteiger partial charge in [0.05, 0.1) is 11.9 Å². The summed E-state index contributed by atoms with van der Waals surface area (Å²) >= 11 is 0. The molecule has 4 aliphatic rings. The van der Waals surface area contributed by atoms with Gasteiger partial charge in [0.1, 0.15) is 0 Å². The SMILES string of the molecule is CC1(C)C2CC[C@@]1(CS(=O)(=O)N1CCC3(C=Cc4ccccc43)CC1)[C@@H](O)C2. The molecule has 5 heteroatoms. The Balaban J connectivity index is 1.35. The smallest absolute Gasteiger partial charge is 0.214 e. The molecule has 1 N–H and O–H groups in total. The summed E-state index contributed by atoms with van der Waals surface area (Å²) in [5, 5.41) is 10.8. The van der Waals surface area contributed by atoms with Crippen LogP contribution in [0.3, 0.4) is 0 Å². The van der Waals surface area contributed by atoms with Crippen molar-refractivity contribution in [3.63, 3.8) is 0 Å². The minimum atomic E-state index is -3.39. The molecule has 0 radical (unpaired) electrons. The fourth-order valence-electron chi connectivity index (χ4n) is 6.83. The molecule has 1 aliphatic heterocycles. The van der Waals surface area contributed by atoms with Crippen molar-refractivity contribution in [2.24, 2.45) is 16.7 Å². The van der Waals surface area contributed by atoms with Crippen molar-refractivity contribution in [2.45, 2.75) is 57.5 Å². The van der Waals surface area contributed by atoms with E-state index in [1.165, 1.54) is 11.1 Å². The van der Waals surface area contributed by atoms with E-state index in [1.54, 1.807) is 4.31 Å². The van der Waals surface area contributed by atoms with E-state index < -0.39 is 21.5 Å². The summed E-state index contributed by atoms with van der Waals surface area (Å²) < 4.78 is 28.5. The van der Waals surface area contributed by atoms with Gasteiger partial charge in [-0.05, 0) is 54.6 Å². The van der Waals surface area contributed by atoms with Crippen LogP contribution >= 0.6 is 0 Å². The predicted octanol–water partition coefficient (Wildman–Crippen LogP) is 3.56. The van der Waals surface area contributed by atoms with Crippen molar-refractivity contribution < 1.29 is 13.5 Å². The number of rotatable bonds is 3. The summed E-state index contributed by atoms with van der Waals surface area (Å²) in [4.78, 5) is 0. The van der Waals surface area contributed by atoms with Crippen LogP contribution in [0.1, 0.15) is 57.1 Å². The first-order valence-corrected chi connectivity index (χ1v) is 12.3. The molecule has 152 valence electrons. The summed E-state index contributed by atoms with van der Waals surface area (Å²) in [7, 11) is -3.39. The Hall–Kier alpha value is -1.17. The summed E-state index contributed by atoms with van der Waals surface area (Å²) in [6.45, 7) is 5.47. The highest BCUT2D eigenvalue weighted by Crippen LogP contribution is 2.66. The van der Waals surface area contributed by atoms with Gasteiger partial charge in [-0.25, -0.2) is 12.7 Å². The Morgan fingerprint density at radius 1 is 1.14 bits per heavy atom. The molecule has 3 atom stereocenters. The summed E-state index contributed by atoms with van der Waals surface area (Å²) in [6, 6.07) is 8.47. The number of allylic oxidation sites excluding steroid dienone is 1. The average Bonchev–Trinajstić information content (AvgIpc) is 3.19. The van der Waals surface area contributed by atoms with Gasteiger partial charge in [0, 0.05) is 23.9 Å². The number of sulfonamides is 1. The first kappa shape index (κ1) is 18.8. The maximum absolute atomic E-state index is 13.4. The first-order chi connectivity index (χ1) is 13.2. The van der Waals surface area contributed by atoms with E-state index in [4.69, 9.17) is 0 Å². The van der Waals surface area contributed by atoms with E-state index in [2.05, 4.69) is 50.3 Å². The normalized spacial score (nSPS) is 35.5. The number of nitrogens with zero attached hydrogens (tertiary/aromatic N) is 1. The Bertz CT molecular complexity index is 927. The van der Waals surface area contributed by atoms with Crippen LogP contribution in [0.25, 0.3) is 6.08 Å². The lowest BCUT2D eigenvalue weighted by Crippen LogP contribution is -2.51. The first-order valence-electron chi connectivity index (χ1n) is 10.6. The van der Waals surface area contributed by atoms with E-state index in [0.717, 1.165) is 32.1 Å². The van der Waals surface area contributed by atoms with Gasteiger partial charge in [-0.3, -0.25) is 0 Å². The summed E-state index contributed by atoms with van der Waals surface area (Å²) in [6.07, 6.45) is 8.29. The number of fused-ring (bicyclic) bond motifs is 4. The molecule has 28 heavy (non-hydrogen) atoms. The quantitative estimate of drug-likeness (QED) is 0.842. The van der Waals surface area contributed by atoms with E-state index in [9.17, 15) is 13.5 Å². The molecular formula is C23H31NO3S. The van der Waals surface area contributed by atoms with Gasteiger partial charge in [-0.2, -0.15) is 0 Å². The lowest BCUT2D eigenvalue weighted by Gasteiger charge is -2.43. The molecule has 1 heterocycles. The van der Waals surface area contributed by atoms with Gasteiger partial charge in [0.25, 0.3) is 0 Å². The fourth-order valence-corrected chi connectivity index (χ4v) is 9.11. The van der Waals surface area contributed by atoms with E-state index in [1.807, 2.05) is 0 Å². The zero-order valence-corrected chi connectivity index (χ0v) is 17.7. The molecule has 3 fully saturated rings. The molecule has 1 aromatic rings. The van der Waals surface area contributed by atoms with Crippen molar-refractivity contribution in [3.05, 3.63) is 41.5 Å². The molecule has 0 aromatic heterocycles. The molecule has 1 saturated heterocycles. The highest BCUT2D eigenvalue weighted by atomic mass is 32.2. The minimum absolute atomic E-state index is 0.00844. The Labute approximate surface area is 168 Å². The van der Waals surface area contributed by atoms with Crippen LogP contribution in [0.5, 0.6) is 0 Å². The van der Waals surface area contributed by atoms with Gasteiger partial charge in [0.15, 0.2) is 0 Å². The Kier molecular flexibility index (Phi) is 3.99. The van der Waals surface area contributed by atoms with Gasteiger partial charge >= 0.3 is 0 Å². The second-order valence-electron chi connectivity index (χ2n) is 10.1. The van der Waals surface area contributed by atoms with E-state index >= 15 is 0 Å². The standard InChI is InChI=1S/C23H31NO3S/c1-21(2)18-8-10-23(21,20(25)15-18)16-28(26,27)24-13-11-22(12-14-24)9-7-17-5-3-4-6-19(17)22/h3-7,9,18,20,25H,8,10-16H2,1-2H3/t18?,20-,23+/m0/s1. The van der Waals surface area contributed by atoms with Crippen LogP contribution in [0, 0.1) is 16.7 Å². The van der Waals surface area contributed by atoms with Crippen LogP contribution in [0.15, 0.2) is 30.3 Å². The van der Waals surface area contributed by atoms with Gasteiger partial charge < -0.3 is 5.11 Å². The van der Waals surface area contributed by atoms with Crippen molar-refractivity contribution in [1.82, 2.24) is 4.31 Å². The van der Waals surface area contributed by atoms with Crippen LogP contribution in [-0.4, -0.2) is 42.8 Å². The number of hydrogen-bond donors (Lipinski definition) is 1. The second kappa shape index (κ2) is 5.93. The number of benzene rings is 1. The second-order valence-corrected chi connectivity index (χ2v) is 12.1. The van der Waals surface area contributed by atoms with Crippen molar-refractivity contribution in [2.75, 3.05) is 18.8 Å². The Morgan fingerprint density at radius 2 is 1.86 bits per heavy atom. The largest absolute Gasteiger partial charge is 0.392 e. The molecule has 1 unspecified atom stereocenters. The topological polar surface area (TPSA) is 57.6 Å². The fraction of sp³-hybridized carbons (Fsp3) is 0.652. The summed E-state index contributed by atoms with van der Waals surface area (Å²) in [5.74, 6) is 0.548. The molecule has 5 rings (SSSR count). The lowest BCUT2D eigenvalue weighted by atomic mass is 9.70. The van der Waals surface area contributed by atoms with E-state index in [-0.39, 0.29) is 16.6 Å². The maximum Gasteiger partial charge on any atom is 0.214 e. The highest BCUT2D eigenvalue weighted by Gasteiger charge is 2.65. The lowest BCUT2D eigenvalue weighted by molar-refractivity contribution is 0.0143. The molecule has 3 aliphatic carbocycles.